The predicted octanol–water partition coefficient (Wildman–Crippen LogP) is 3.20. The first kappa shape index (κ1) is 22.8. The molecule has 3 rings (SSSR count). The molecule has 7 nitrogen and oxygen atoms in total. The number of methoxy groups -OCH3 is 1. The van der Waals surface area contributed by atoms with Gasteiger partial charge in [-0.15, -0.1) is 24.0 Å². The fraction of sp³-hybridized carbons (Fsp3) is 0.333. The zero-order valence-electron chi connectivity index (χ0n) is 16.6. The Hall–Kier alpha value is -2.49. The average Bonchev–Trinajstić information content (AvgIpc) is 2.70. The summed E-state index contributed by atoms with van der Waals surface area (Å²) in [6, 6.07) is 13.2. The van der Waals surface area contributed by atoms with E-state index in [1.807, 2.05) is 43.3 Å². The molecule has 2 aromatic carbocycles. The number of carbonyl (C=O) groups is 1. The number of phenolic OH excluding ortho intramolecular Hbond substituents is 1. The van der Waals surface area contributed by atoms with Crippen molar-refractivity contribution >= 4 is 41.5 Å². The van der Waals surface area contributed by atoms with Crippen LogP contribution in [0.5, 0.6) is 11.5 Å². The van der Waals surface area contributed by atoms with Crippen molar-refractivity contribution in [3.05, 3.63) is 53.6 Å². The summed E-state index contributed by atoms with van der Waals surface area (Å²) in [5.74, 6) is 1.25. The van der Waals surface area contributed by atoms with E-state index in [1.165, 1.54) is 7.11 Å². The monoisotopic (exact) mass is 510 g/mol. The summed E-state index contributed by atoms with van der Waals surface area (Å²) in [7, 11) is 1.52. The highest BCUT2D eigenvalue weighted by Gasteiger charge is 2.24. The summed E-state index contributed by atoms with van der Waals surface area (Å²) in [6.07, 6.45) is 0.431. The smallest absolute Gasteiger partial charge is 0.225 e. The lowest BCUT2D eigenvalue weighted by molar-refractivity contribution is -0.116. The molecule has 4 N–H and O–H groups in total. The molecule has 1 amide bonds. The van der Waals surface area contributed by atoms with Gasteiger partial charge >= 0.3 is 0 Å². The molecule has 1 atom stereocenters. The third-order valence-electron chi connectivity index (χ3n) is 4.68. The van der Waals surface area contributed by atoms with E-state index in [0.29, 0.717) is 43.3 Å². The summed E-state index contributed by atoms with van der Waals surface area (Å²) in [4.78, 5) is 16.5. The Bertz CT molecular complexity index is 873. The molecule has 29 heavy (non-hydrogen) atoms. The number of benzene rings is 2. The highest BCUT2D eigenvalue weighted by atomic mass is 127. The number of anilines is 1. The number of phenols is 1. The second-order valence-electron chi connectivity index (χ2n) is 6.58. The number of para-hydroxylation sites is 2. The van der Waals surface area contributed by atoms with Crippen molar-refractivity contribution in [1.82, 2.24) is 10.6 Å². The lowest BCUT2D eigenvalue weighted by Gasteiger charge is -2.26. The Morgan fingerprint density at radius 2 is 2.03 bits per heavy atom. The van der Waals surface area contributed by atoms with Gasteiger partial charge in [0.1, 0.15) is 0 Å². The lowest BCUT2D eigenvalue weighted by Crippen LogP contribution is -2.40. The minimum Gasteiger partial charge on any atom is -0.504 e. The molecule has 156 valence electrons. The van der Waals surface area contributed by atoms with E-state index in [0.717, 1.165) is 11.3 Å². The molecule has 0 spiro atoms. The number of hydrogen-bond donors (Lipinski definition) is 4. The Labute approximate surface area is 188 Å². The predicted molar refractivity (Wildman–Crippen MR) is 125 cm³/mol. The molecule has 1 heterocycles. The van der Waals surface area contributed by atoms with Crippen molar-refractivity contribution < 1.29 is 14.6 Å². The number of halogens is 1. The number of amides is 1. The number of aliphatic imine (C=N–C) groups is 1. The van der Waals surface area contributed by atoms with Crippen molar-refractivity contribution in [2.75, 3.05) is 25.5 Å². The Morgan fingerprint density at radius 3 is 2.79 bits per heavy atom. The third-order valence-corrected chi connectivity index (χ3v) is 4.68. The zero-order valence-corrected chi connectivity index (χ0v) is 18.9. The van der Waals surface area contributed by atoms with Gasteiger partial charge in [0.2, 0.25) is 5.91 Å². The summed E-state index contributed by atoms with van der Waals surface area (Å²) in [6.45, 7) is 3.59. The molecule has 1 aliphatic heterocycles. The first-order valence-corrected chi connectivity index (χ1v) is 9.38. The summed E-state index contributed by atoms with van der Waals surface area (Å²) < 4.78 is 5.14. The molecule has 0 aliphatic carbocycles. The Kier molecular flexibility index (Phi) is 8.56. The van der Waals surface area contributed by atoms with Crippen LogP contribution < -0.4 is 20.7 Å². The standard InChI is InChI=1S/C21H26N4O3.HI/c1-3-22-21(23-12-14-7-6-10-18(28-2)20(14)27)24-13-15-11-19(26)25-17-9-5-4-8-16(15)17;/h4-10,15,27H,3,11-13H2,1-2H3,(H,25,26)(H2,22,23,24);1H. The second kappa shape index (κ2) is 10.9. The van der Waals surface area contributed by atoms with Crippen molar-refractivity contribution in [2.24, 2.45) is 4.99 Å². The number of nitrogens with one attached hydrogen (secondary N) is 3. The molecule has 0 radical (unpaired) electrons. The van der Waals surface area contributed by atoms with Crippen LogP contribution >= 0.6 is 24.0 Å². The van der Waals surface area contributed by atoms with Crippen LogP contribution in [0.4, 0.5) is 5.69 Å². The fourth-order valence-electron chi connectivity index (χ4n) is 3.27. The number of aromatic hydroxyl groups is 1. The molecule has 0 saturated carbocycles. The summed E-state index contributed by atoms with van der Waals surface area (Å²) in [5.41, 5.74) is 2.67. The van der Waals surface area contributed by atoms with Gasteiger partial charge in [-0.3, -0.25) is 4.79 Å². The largest absolute Gasteiger partial charge is 0.504 e. The van der Waals surface area contributed by atoms with Gasteiger partial charge in [-0.25, -0.2) is 4.99 Å². The van der Waals surface area contributed by atoms with Crippen molar-refractivity contribution in [2.45, 2.75) is 25.8 Å². The van der Waals surface area contributed by atoms with Crippen LogP contribution in [0.1, 0.15) is 30.4 Å². The molecule has 2 aromatic rings. The van der Waals surface area contributed by atoms with Gasteiger partial charge in [0.15, 0.2) is 17.5 Å². The zero-order chi connectivity index (χ0) is 19.9. The van der Waals surface area contributed by atoms with Gasteiger partial charge in [0.25, 0.3) is 0 Å². The number of nitrogens with zero attached hydrogens (tertiary/aromatic N) is 1. The van der Waals surface area contributed by atoms with Crippen LogP contribution in [0.25, 0.3) is 0 Å². The first-order valence-electron chi connectivity index (χ1n) is 9.38. The molecule has 0 bridgehead atoms. The maximum Gasteiger partial charge on any atom is 0.225 e. The topological polar surface area (TPSA) is 95.0 Å². The van der Waals surface area contributed by atoms with Crippen molar-refractivity contribution in [1.29, 1.82) is 0 Å². The maximum absolute atomic E-state index is 12.0. The van der Waals surface area contributed by atoms with E-state index in [9.17, 15) is 9.90 Å². The van der Waals surface area contributed by atoms with Gasteiger partial charge in [0, 0.05) is 36.7 Å². The fourth-order valence-corrected chi connectivity index (χ4v) is 3.27. The van der Waals surface area contributed by atoms with Gasteiger partial charge in [-0.1, -0.05) is 30.3 Å². The minimum atomic E-state index is 0. The van der Waals surface area contributed by atoms with E-state index in [1.54, 1.807) is 6.07 Å². The highest BCUT2D eigenvalue weighted by Crippen LogP contribution is 2.31. The number of hydrogen-bond acceptors (Lipinski definition) is 4. The molecule has 0 aromatic heterocycles. The highest BCUT2D eigenvalue weighted by molar-refractivity contribution is 14.0. The third kappa shape index (κ3) is 5.75. The number of guanidine groups is 1. The minimum absolute atomic E-state index is 0. The van der Waals surface area contributed by atoms with Crippen molar-refractivity contribution in [3.8, 4) is 11.5 Å². The Balaban J connectivity index is 0.00000300. The van der Waals surface area contributed by atoms with E-state index >= 15 is 0 Å². The Morgan fingerprint density at radius 1 is 1.24 bits per heavy atom. The van der Waals surface area contributed by atoms with E-state index in [2.05, 4.69) is 20.9 Å². The van der Waals surface area contributed by atoms with Crippen LogP contribution in [0.2, 0.25) is 0 Å². The molecular formula is C21H27IN4O3. The van der Waals surface area contributed by atoms with Crippen molar-refractivity contribution in [3.63, 3.8) is 0 Å². The van der Waals surface area contributed by atoms with Gasteiger partial charge in [0.05, 0.1) is 13.7 Å². The normalized spacial score (nSPS) is 15.6. The number of ether oxygens (including phenoxy) is 1. The van der Waals surface area contributed by atoms with Gasteiger partial charge in [-0.05, 0) is 24.6 Å². The van der Waals surface area contributed by atoms with Crippen LogP contribution in [0.15, 0.2) is 47.5 Å². The quantitative estimate of drug-likeness (QED) is 0.272. The van der Waals surface area contributed by atoms with E-state index in [-0.39, 0.29) is 41.6 Å². The van der Waals surface area contributed by atoms with Gasteiger partial charge < -0.3 is 25.8 Å². The average molecular weight is 510 g/mol. The molecule has 8 heteroatoms. The maximum atomic E-state index is 12.0. The SMILES string of the molecule is CCNC(=NCc1cccc(OC)c1O)NCC1CC(=O)Nc2ccccc21.I. The molecule has 1 unspecified atom stereocenters. The van der Waals surface area contributed by atoms with Crippen LogP contribution in [0.3, 0.4) is 0 Å². The molecule has 0 fully saturated rings. The van der Waals surface area contributed by atoms with E-state index in [4.69, 9.17) is 4.74 Å². The molecule has 0 saturated heterocycles. The molecule has 1 aliphatic rings. The summed E-state index contributed by atoms with van der Waals surface area (Å²) in [5, 5.41) is 19.7. The van der Waals surface area contributed by atoms with E-state index < -0.39 is 0 Å². The number of fused-ring (bicyclic) bond motifs is 1. The second-order valence-corrected chi connectivity index (χ2v) is 6.58. The number of rotatable bonds is 6. The van der Waals surface area contributed by atoms with Crippen LogP contribution in [0, 0.1) is 0 Å². The van der Waals surface area contributed by atoms with Gasteiger partial charge in [-0.2, -0.15) is 0 Å². The number of carbonyl (C=O) groups excluding carboxylic acids is 1. The van der Waals surface area contributed by atoms with Crippen LogP contribution in [-0.4, -0.2) is 37.2 Å². The first-order chi connectivity index (χ1) is 13.6. The lowest BCUT2D eigenvalue weighted by atomic mass is 9.90. The van der Waals surface area contributed by atoms with Crippen LogP contribution in [-0.2, 0) is 11.3 Å². The molecular weight excluding hydrogens is 483 g/mol. The summed E-state index contributed by atoms with van der Waals surface area (Å²) >= 11 is 0.